The molecule has 1 saturated heterocycles. The lowest BCUT2D eigenvalue weighted by Crippen LogP contribution is -2.33. The zero-order chi connectivity index (χ0) is 13.8. The van der Waals surface area contributed by atoms with Gasteiger partial charge in [-0.25, -0.2) is 9.78 Å². The van der Waals surface area contributed by atoms with E-state index in [1.165, 1.54) is 0 Å². The summed E-state index contributed by atoms with van der Waals surface area (Å²) in [6.45, 7) is 4.17. The van der Waals surface area contributed by atoms with Crippen LogP contribution in [-0.4, -0.2) is 41.9 Å². The summed E-state index contributed by atoms with van der Waals surface area (Å²) in [5.41, 5.74) is 0.217. The highest BCUT2D eigenvalue weighted by Crippen LogP contribution is 2.23. The third kappa shape index (κ3) is 3.45. The van der Waals surface area contributed by atoms with Crippen LogP contribution in [0.3, 0.4) is 0 Å². The minimum Gasteiger partial charge on any atom is -0.478 e. The van der Waals surface area contributed by atoms with E-state index in [1.807, 2.05) is 11.8 Å². The maximum absolute atomic E-state index is 11.3. The Balaban J connectivity index is 2.23. The van der Waals surface area contributed by atoms with E-state index in [4.69, 9.17) is 4.74 Å². The second-order valence-corrected chi connectivity index (χ2v) is 5.42. The van der Waals surface area contributed by atoms with Crippen molar-refractivity contribution in [2.24, 2.45) is 0 Å². The summed E-state index contributed by atoms with van der Waals surface area (Å²) in [6, 6.07) is 1.59. The van der Waals surface area contributed by atoms with Gasteiger partial charge in [0.1, 0.15) is 11.4 Å². The van der Waals surface area contributed by atoms with Gasteiger partial charge in [-0.3, -0.25) is 0 Å². The summed E-state index contributed by atoms with van der Waals surface area (Å²) in [5, 5.41) is 9.28. The Bertz CT molecular complexity index is 461. The van der Waals surface area contributed by atoms with Gasteiger partial charge in [0.15, 0.2) is 0 Å². The number of nitrogens with zero attached hydrogens (tertiary/aromatic N) is 2. The van der Waals surface area contributed by atoms with Crippen LogP contribution in [0.15, 0.2) is 16.7 Å². The monoisotopic (exact) mass is 328 g/mol. The first kappa shape index (κ1) is 14.3. The van der Waals surface area contributed by atoms with Gasteiger partial charge in [-0.1, -0.05) is 0 Å². The molecule has 19 heavy (non-hydrogen) atoms. The zero-order valence-corrected chi connectivity index (χ0v) is 12.4. The summed E-state index contributed by atoms with van der Waals surface area (Å²) in [5.74, 6) is -0.455. The number of ether oxygens (including phenoxy) is 1. The average molecular weight is 329 g/mol. The van der Waals surface area contributed by atoms with Crippen molar-refractivity contribution in [3.05, 3.63) is 22.3 Å². The van der Waals surface area contributed by atoms with E-state index < -0.39 is 5.97 Å². The molecule has 2 heterocycles. The number of carboxylic acid groups (broad SMARTS) is 1. The van der Waals surface area contributed by atoms with Crippen molar-refractivity contribution in [2.45, 2.75) is 25.9 Å². The van der Waals surface area contributed by atoms with E-state index in [-0.39, 0.29) is 11.7 Å². The van der Waals surface area contributed by atoms with Crippen LogP contribution in [0.4, 0.5) is 5.82 Å². The van der Waals surface area contributed by atoms with Gasteiger partial charge in [0, 0.05) is 30.4 Å². The highest BCUT2D eigenvalue weighted by Gasteiger charge is 2.22. The molecule has 1 aromatic heterocycles. The lowest BCUT2D eigenvalue weighted by molar-refractivity contribution is 0.0696. The highest BCUT2D eigenvalue weighted by molar-refractivity contribution is 9.10. The first-order valence-electron chi connectivity index (χ1n) is 6.37. The maximum atomic E-state index is 11.3. The lowest BCUT2D eigenvalue weighted by atomic mass is 10.2. The summed E-state index contributed by atoms with van der Waals surface area (Å²) in [4.78, 5) is 17.5. The van der Waals surface area contributed by atoms with E-state index in [0.29, 0.717) is 23.4 Å². The van der Waals surface area contributed by atoms with Crippen LogP contribution in [-0.2, 0) is 4.74 Å². The van der Waals surface area contributed by atoms with E-state index in [9.17, 15) is 9.90 Å². The molecule has 1 fully saturated rings. The number of aromatic carboxylic acids is 1. The quantitative estimate of drug-likeness (QED) is 0.899. The molecular weight excluding hydrogens is 312 g/mol. The molecule has 2 rings (SSSR count). The Kier molecular flexibility index (Phi) is 4.76. The van der Waals surface area contributed by atoms with Gasteiger partial charge in [-0.2, -0.15) is 0 Å². The van der Waals surface area contributed by atoms with Crippen molar-refractivity contribution in [1.82, 2.24) is 4.98 Å². The fourth-order valence-electron chi connectivity index (χ4n) is 2.24. The average Bonchev–Trinajstić information content (AvgIpc) is 2.89. The molecule has 0 saturated carbocycles. The van der Waals surface area contributed by atoms with Crippen molar-refractivity contribution in [2.75, 3.05) is 24.6 Å². The number of hydrogen-bond acceptors (Lipinski definition) is 4. The van der Waals surface area contributed by atoms with Crippen LogP contribution in [0, 0.1) is 0 Å². The predicted molar refractivity (Wildman–Crippen MR) is 75.8 cm³/mol. The second kappa shape index (κ2) is 6.34. The molecule has 6 heteroatoms. The molecule has 1 N–H and O–H groups in total. The SMILES string of the molecule is CCN(CC1CCCO1)c1ncc(Br)cc1C(=O)O. The molecule has 5 nitrogen and oxygen atoms in total. The van der Waals surface area contributed by atoms with Crippen molar-refractivity contribution in [1.29, 1.82) is 0 Å². The van der Waals surface area contributed by atoms with Gasteiger partial charge in [-0.05, 0) is 41.8 Å². The summed E-state index contributed by atoms with van der Waals surface area (Å²) < 4.78 is 6.27. The fourth-order valence-corrected chi connectivity index (χ4v) is 2.57. The van der Waals surface area contributed by atoms with Gasteiger partial charge in [0.2, 0.25) is 0 Å². The van der Waals surface area contributed by atoms with Gasteiger partial charge >= 0.3 is 5.97 Å². The molecule has 0 aromatic carbocycles. The Morgan fingerprint density at radius 3 is 3.05 bits per heavy atom. The van der Waals surface area contributed by atoms with Crippen molar-refractivity contribution < 1.29 is 14.6 Å². The third-order valence-electron chi connectivity index (χ3n) is 3.19. The van der Waals surface area contributed by atoms with Crippen LogP contribution in [0.25, 0.3) is 0 Å². The topological polar surface area (TPSA) is 62.7 Å². The first-order valence-corrected chi connectivity index (χ1v) is 7.16. The third-order valence-corrected chi connectivity index (χ3v) is 3.63. The minimum atomic E-state index is -0.963. The van der Waals surface area contributed by atoms with Gasteiger partial charge in [0.25, 0.3) is 0 Å². The molecule has 0 amide bonds. The molecule has 0 bridgehead atoms. The number of halogens is 1. The fraction of sp³-hybridized carbons (Fsp3) is 0.538. The molecule has 1 aromatic rings. The Morgan fingerprint density at radius 1 is 1.68 bits per heavy atom. The predicted octanol–water partition coefficient (Wildman–Crippen LogP) is 2.55. The summed E-state index contributed by atoms with van der Waals surface area (Å²) in [7, 11) is 0. The van der Waals surface area contributed by atoms with Crippen LogP contribution >= 0.6 is 15.9 Å². The molecule has 1 aliphatic rings. The highest BCUT2D eigenvalue weighted by atomic mass is 79.9. The Morgan fingerprint density at radius 2 is 2.47 bits per heavy atom. The summed E-state index contributed by atoms with van der Waals surface area (Å²) >= 11 is 3.25. The van der Waals surface area contributed by atoms with E-state index in [1.54, 1.807) is 12.3 Å². The van der Waals surface area contributed by atoms with E-state index in [0.717, 1.165) is 19.4 Å². The number of aromatic nitrogens is 1. The zero-order valence-electron chi connectivity index (χ0n) is 10.8. The molecular formula is C13H17BrN2O3. The van der Waals surface area contributed by atoms with E-state index >= 15 is 0 Å². The van der Waals surface area contributed by atoms with Crippen LogP contribution < -0.4 is 4.90 Å². The number of anilines is 1. The number of carbonyl (C=O) groups is 1. The minimum absolute atomic E-state index is 0.173. The smallest absolute Gasteiger partial charge is 0.339 e. The Labute approximate surface area is 120 Å². The molecule has 1 aliphatic heterocycles. The number of pyridine rings is 1. The van der Waals surface area contributed by atoms with Crippen LogP contribution in [0.5, 0.6) is 0 Å². The molecule has 1 unspecified atom stereocenters. The molecule has 0 spiro atoms. The van der Waals surface area contributed by atoms with E-state index in [2.05, 4.69) is 20.9 Å². The normalized spacial score (nSPS) is 18.5. The van der Waals surface area contributed by atoms with Crippen molar-refractivity contribution >= 4 is 27.7 Å². The van der Waals surface area contributed by atoms with Crippen molar-refractivity contribution in [3.63, 3.8) is 0 Å². The number of likely N-dealkylation sites (N-methyl/N-ethyl adjacent to an activating group) is 1. The molecule has 0 aliphatic carbocycles. The maximum Gasteiger partial charge on any atom is 0.339 e. The van der Waals surface area contributed by atoms with Crippen LogP contribution in [0.1, 0.15) is 30.1 Å². The van der Waals surface area contributed by atoms with Crippen molar-refractivity contribution in [3.8, 4) is 0 Å². The molecule has 0 radical (unpaired) electrons. The van der Waals surface area contributed by atoms with Crippen LogP contribution in [0.2, 0.25) is 0 Å². The molecule has 104 valence electrons. The van der Waals surface area contributed by atoms with Gasteiger partial charge in [0.05, 0.1) is 6.10 Å². The standard InChI is InChI=1S/C13H17BrN2O3/c1-2-16(8-10-4-3-5-19-10)12-11(13(17)18)6-9(14)7-15-12/h6-7,10H,2-5,8H2,1H3,(H,17,18). The first-order chi connectivity index (χ1) is 9.11. The number of carboxylic acids is 1. The molecule has 1 atom stereocenters. The van der Waals surface area contributed by atoms with Gasteiger partial charge in [-0.15, -0.1) is 0 Å². The summed E-state index contributed by atoms with van der Waals surface area (Å²) in [6.07, 6.45) is 3.89. The van der Waals surface area contributed by atoms with Gasteiger partial charge < -0.3 is 14.7 Å². The largest absolute Gasteiger partial charge is 0.478 e. The lowest BCUT2D eigenvalue weighted by Gasteiger charge is -2.26. The second-order valence-electron chi connectivity index (χ2n) is 4.50. The number of rotatable bonds is 5. The number of hydrogen-bond donors (Lipinski definition) is 1. The Hall–Kier alpha value is -1.14.